The average Bonchev–Trinajstić information content (AvgIpc) is 3.20. The van der Waals surface area contributed by atoms with Crippen LogP contribution in [0.5, 0.6) is 0 Å². The van der Waals surface area contributed by atoms with E-state index in [1.165, 1.54) is 25.3 Å². The van der Waals surface area contributed by atoms with E-state index < -0.39 is 5.82 Å². The van der Waals surface area contributed by atoms with Crippen LogP contribution in [0.25, 0.3) is 0 Å². The first-order valence-corrected chi connectivity index (χ1v) is 7.02. The molecule has 19 heavy (non-hydrogen) atoms. The summed E-state index contributed by atoms with van der Waals surface area (Å²) >= 11 is 0. The van der Waals surface area contributed by atoms with Crippen molar-refractivity contribution in [3.05, 3.63) is 35.1 Å². The first-order chi connectivity index (χ1) is 9.10. The lowest BCUT2D eigenvalue weighted by molar-refractivity contribution is 0.239. The molecule has 0 heterocycles. The maximum atomic E-state index is 13.3. The Balaban J connectivity index is 2.02. The van der Waals surface area contributed by atoms with Gasteiger partial charge >= 0.3 is 0 Å². The van der Waals surface area contributed by atoms with E-state index in [-0.39, 0.29) is 5.56 Å². The van der Waals surface area contributed by atoms with Crippen molar-refractivity contribution in [2.45, 2.75) is 45.7 Å². The fourth-order valence-corrected chi connectivity index (χ4v) is 2.25. The molecule has 0 atom stereocenters. The molecule has 2 nitrogen and oxygen atoms in total. The number of nitrogens with zero attached hydrogens (tertiary/aromatic N) is 2. The van der Waals surface area contributed by atoms with E-state index in [2.05, 4.69) is 18.7 Å². The molecular formula is C16H21FN2. The van der Waals surface area contributed by atoms with Crippen LogP contribution in [0.4, 0.5) is 4.39 Å². The van der Waals surface area contributed by atoms with Gasteiger partial charge in [0.15, 0.2) is 0 Å². The molecule has 102 valence electrons. The van der Waals surface area contributed by atoms with E-state index in [0.29, 0.717) is 12.0 Å². The molecule has 3 heteroatoms. The maximum Gasteiger partial charge on any atom is 0.140 e. The number of rotatable bonds is 6. The Kier molecular flexibility index (Phi) is 4.55. The molecule has 0 aromatic heterocycles. The monoisotopic (exact) mass is 260 g/mol. The molecule has 1 aliphatic carbocycles. The molecule has 0 N–H and O–H groups in total. The lowest BCUT2D eigenvalue weighted by atomic mass is 10.1. The molecule has 1 aromatic carbocycles. The number of hydrogen-bond acceptors (Lipinski definition) is 2. The molecular weight excluding hydrogens is 239 g/mol. The van der Waals surface area contributed by atoms with Gasteiger partial charge in [-0.3, -0.25) is 4.90 Å². The summed E-state index contributed by atoms with van der Waals surface area (Å²) in [5, 5.41) is 8.87. The van der Waals surface area contributed by atoms with Crippen LogP contribution in [0.2, 0.25) is 0 Å². The molecule has 0 radical (unpaired) electrons. The van der Waals surface area contributed by atoms with Crippen molar-refractivity contribution < 1.29 is 4.39 Å². The second kappa shape index (κ2) is 6.16. The summed E-state index contributed by atoms with van der Waals surface area (Å²) in [7, 11) is 0. The zero-order valence-corrected chi connectivity index (χ0v) is 11.7. The Morgan fingerprint density at radius 2 is 2.16 bits per heavy atom. The Hall–Kier alpha value is -1.40. The van der Waals surface area contributed by atoms with E-state index in [1.807, 2.05) is 6.07 Å². The third kappa shape index (κ3) is 4.04. The molecule has 1 saturated carbocycles. The highest BCUT2D eigenvalue weighted by atomic mass is 19.1. The maximum absolute atomic E-state index is 13.3. The standard InChI is InChI=1S/C16H21FN2/c1-12(2)7-8-19(15-4-5-15)11-13-3-6-16(17)14(9-13)10-18/h3,6,9,12,15H,4-5,7-8,11H2,1-2H3. The largest absolute Gasteiger partial charge is 0.296 e. The van der Waals surface area contributed by atoms with Crippen LogP contribution >= 0.6 is 0 Å². The van der Waals surface area contributed by atoms with Crippen LogP contribution < -0.4 is 0 Å². The van der Waals surface area contributed by atoms with Crippen molar-refractivity contribution >= 4 is 0 Å². The Labute approximate surface area is 114 Å². The van der Waals surface area contributed by atoms with Crippen LogP contribution in [0, 0.1) is 23.1 Å². The van der Waals surface area contributed by atoms with Gasteiger partial charge in [0, 0.05) is 12.6 Å². The second-order valence-corrected chi connectivity index (χ2v) is 5.81. The van der Waals surface area contributed by atoms with Gasteiger partial charge in [-0.2, -0.15) is 5.26 Å². The molecule has 0 unspecified atom stereocenters. The van der Waals surface area contributed by atoms with Crippen molar-refractivity contribution in [3.8, 4) is 6.07 Å². The van der Waals surface area contributed by atoms with Gasteiger partial charge in [-0.15, -0.1) is 0 Å². The predicted octanol–water partition coefficient (Wildman–Crippen LogP) is 3.71. The van der Waals surface area contributed by atoms with Crippen molar-refractivity contribution in [2.24, 2.45) is 5.92 Å². The van der Waals surface area contributed by atoms with Gasteiger partial charge in [-0.05, 0) is 49.4 Å². The van der Waals surface area contributed by atoms with Gasteiger partial charge in [0.2, 0.25) is 0 Å². The van der Waals surface area contributed by atoms with Gasteiger partial charge in [0.25, 0.3) is 0 Å². The third-order valence-corrected chi connectivity index (χ3v) is 3.59. The van der Waals surface area contributed by atoms with E-state index in [0.717, 1.165) is 18.7 Å². The minimum atomic E-state index is -0.425. The SMILES string of the molecule is CC(C)CCN(Cc1ccc(F)c(C#N)c1)C1CC1. The first kappa shape index (κ1) is 14.0. The number of halogens is 1. The highest BCUT2D eigenvalue weighted by molar-refractivity contribution is 5.34. The zero-order chi connectivity index (χ0) is 13.8. The van der Waals surface area contributed by atoms with Gasteiger partial charge in [-0.25, -0.2) is 4.39 Å². The molecule has 1 fully saturated rings. The number of benzene rings is 1. The summed E-state index contributed by atoms with van der Waals surface area (Å²) in [5.41, 5.74) is 1.19. The molecule has 2 rings (SSSR count). The van der Waals surface area contributed by atoms with Crippen LogP contribution in [0.15, 0.2) is 18.2 Å². The highest BCUT2D eigenvalue weighted by Crippen LogP contribution is 2.29. The molecule has 1 aromatic rings. The van der Waals surface area contributed by atoms with Gasteiger partial charge in [0.1, 0.15) is 11.9 Å². The van der Waals surface area contributed by atoms with Crippen molar-refractivity contribution in [2.75, 3.05) is 6.54 Å². The topological polar surface area (TPSA) is 27.0 Å². The van der Waals surface area contributed by atoms with Crippen molar-refractivity contribution in [3.63, 3.8) is 0 Å². The summed E-state index contributed by atoms with van der Waals surface area (Å²) in [6, 6.07) is 7.48. The summed E-state index contributed by atoms with van der Waals surface area (Å²) in [4.78, 5) is 2.47. The second-order valence-electron chi connectivity index (χ2n) is 5.81. The quantitative estimate of drug-likeness (QED) is 0.779. The minimum Gasteiger partial charge on any atom is -0.296 e. The van der Waals surface area contributed by atoms with E-state index >= 15 is 0 Å². The Bertz CT molecular complexity index is 472. The molecule has 0 aliphatic heterocycles. The van der Waals surface area contributed by atoms with Gasteiger partial charge in [-0.1, -0.05) is 19.9 Å². The number of nitriles is 1. The molecule has 0 bridgehead atoms. The average molecular weight is 260 g/mol. The fraction of sp³-hybridized carbons (Fsp3) is 0.562. The van der Waals surface area contributed by atoms with E-state index in [9.17, 15) is 4.39 Å². The molecule has 0 saturated heterocycles. The third-order valence-electron chi connectivity index (χ3n) is 3.59. The summed E-state index contributed by atoms with van der Waals surface area (Å²) in [5.74, 6) is 0.274. The van der Waals surface area contributed by atoms with Gasteiger partial charge in [0.05, 0.1) is 5.56 Å². The smallest absolute Gasteiger partial charge is 0.140 e. The van der Waals surface area contributed by atoms with Crippen molar-refractivity contribution in [1.82, 2.24) is 4.90 Å². The van der Waals surface area contributed by atoms with Gasteiger partial charge < -0.3 is 0 Å². The lowest BCUT2D eigenvalue weighted by Crippen LogP contribution is -2.27. The van der Waals surface area contributed by atoms with Crippen LogP contribution in [-0.2, 0) is 6.54 Å². The molecule has 0 spiro atoms. The summed E-state index contributed by atoms with van der Waals surface area (Å²) < 4.78 is 13.3. The minimum absolute atomic E-state index is 0.150. The van der Waals surface area contributed by atoms with Crippen LogP contribution in [-0.4, -0.2) is 17.5 Å². The van der Waals surface area contributed by atoms with Crippen LogP contribution in [0.1, 0.15) is 44.2 Å². The lowest BCUT2D eigenvalue weighted by Gasteiger charge is -2.23. The molecule has 1 aliphatic rings. The van der Waals surface area contributed by atoms with Crippen LogP contribution in [0.3, 0.4) is 0 Å². The van der Waals surface area contributed by atoms with E-state index in [1.54, 1.807) is 12.1 Å². The van der Waals surface area contributed by atoms with Crippen molar-refractivity contribution in [1.29, 1.82) is 5.26 Å². The normalized spacial score (nSPS) is 14.9. The van der Waals surface area contributed by atoms with E-state index in [4.69, 9.17) is 5.26 Å². The summed E-state index contributed by atoms with van der Waals surface area (Å²) in [6.07, 6.45) is 3.72. The fourth-order valence-electron chi connectivity index (χ4n) is 2.25. The molecule has 0 amide bonds. The highest BCUT2D eigenvalue weighted by Gasteiger charge is 2.28. The Morgan fingerprint density at radius 1 is 1.42 bits per heavy atom. The number of hydrogen-bond donors (Lipinski definition) is 0. The Morgan fingerprint density at radius 3 is 2.74 bits per heavy atom. The summed E-state index contributed by atoms with van der Waals surface area (Å²) in [6.45, 7) is 6.38. The predicted molar refractivity (Wildman–Crippen MR) is 74.0 cm³/mol. The zero-order valence-electron chi connectivity index (χ0n) is 11.7. The first-order valence-electron chi connectivity index (χ1n) is 7.02.